The van der Waals surface area contributed by atoms with E-state index in [-0.39, 0.29) is 18.2 Å². The summed E-state index contributed by atoms with van der Waals surface area (Å²) in [4.78, 5) is 5.32. The highest BCUT2D eigenvalue weighted by Gasteiger charge is 2.41. The van der Waals surface area contributed by atoms with E-state index in [0.717, 1.165) is 18.9 Å². The van der Waals surface area contributed by atoms with Crippen LogP contribution in [0, 0.1) is 0 Å². The maximum absolute atomic E-state index is 6.82. The van der Waals surface area contributed by atoms with Crippen molar-refractivity contribution >= 4 is 24.6 Å². The molecule has 4 aromatic carbocycles. The fourth-order valence-electron chi connectivity index (χ4n) is 5.38. The van der Waals surface area contributed by atoms with Crippen LogP contribution in [-0.4, -0.2) is 23.2 Å². The first-order valence-corrected chi connectivity index (χ1v) is 14.2. The van der Waals surface area contributed by atoms with Gasteiger partial charge in [0, 0.05) is 14.6 Å². The third kappa shape index (κ3) is 4.74. The average Bonchev–Trinajstić information content (AvgIpc) is 3.41. The SMILES string of the molecule is c1ccc([C@H]2N=C([C@@H]3CCCCN3P(c3ccccc3)c3ccccc3)O[C@H]2c2ccccc2)cc1. The Labute approximate surface area is 215 Å². The van der Waals surface area contributed by atoms with Crippen LogP contribution in [0.25, 0.3) is 0 Å². The summed E-state index contributed by atoms with van der Waals surface area (Å²) in [5.41, 5.74) is 2.39. The van der Waals surface area contributed by atoms with E-state index in [9.17, 15) is 0 Å². The molecule has 4 heteroatoms. The number of piperidine rings is 1. The van der Waals surface area contributed by atoms with Crippen LogP contribution < -0.4 is 10.6 Å². The maximum atomic E-state index is 6.82. The van der Waals surface area contributed by atoms with Crippen LogP contribution in [0.5, 0.6) is 0 Å². The number of benzene rings is 4. The summed E-state index contributed by atoms with van der Waals surface area (Å²) in [7, 11) is -0.689. The Kier molecular flexibility index (Phi) is 6.94. The first-order valence-electron chi connectivity index (χ1n) is 12.9. The molecule has 3 nitrogen and oxygen atoms in total. The second kappa shape index (κ2) is 10.8. The Morgan fingerprint density at radius 1 is 0.639 bits per heavy atom. The molecule has 1 saturated heterocycles. The van der Waals surface area contributed by atoms with Crippen molar-refractivity contribution in [3.63, 3.8) is 0 Å². The molecule has 6 rings (SSSR count). The molecule has 36 heavy (non-hydrogen) atoms. The zero-order chi connectivity index (χ0) is 24.2. The molecule has 0 bridgehead atoms. The minimum absolute atomic E-state index is 0.0351. The largest absolute Gasteiger partial charge is 0.469 e. The van der Waals surface area contributed by atoms with Crippen LogP contribution in [-0.2, 0) is 4.74 Å². The number of aliphatic imine (C=N–C) groups is 1. The molecular formula is C32H31N2OP. The first-order chi connectivity index (χ1) is 17.9. The number of ether oxygens (including phenoxy) is 1. The first kappa shape index (κ1) is 23.2. The highest BCUT2D eigenvalue weighted by Crippen LogP contribution is 2.47. The summed E-state index contributed by atoms with van der Waals surface area (Å²) in [6, 6.07) is 43.3. The van der Waals surface area contributed by atoms with Gasteiger partial charge in [-0.2, -0.15) is 0 Å². The van der Waals surface area contributed by atoms with Gasteiger partial charge in [0.05, 0.1) is 6.04 Å². The van der Waals surface area contributed by atoms with E-state index in [1.54, 1.807) is 0 Å². The maximum Gasteiger partial charge on any atom is 0.202 e. The summed E-state index contributed by atoms with van der Waals surface area (Å²) in [5, 5.41) is 2.76. The van der Waals surface area contributed by atoms with Gasteiger partial charge in [0.25, 0.3) is 0 Å². The third-order valence-corrected chi connectivity index (χ3v) is 9.66. The van der Waals surface area contributed by atoms with E-state index < -0.39 is 8.07 Å². The van der Waals surface area contributed by atoms with Gasteiger partial charge in [0.2, 0.25) is 5.90 Å². The van der Waals surface area contributed by atoms with E-state index in [1.165, 1.54) is 34.6 Å². The van der Waals surface area contributed by atoms with Crippen LogP contribution in [0.2, 0.25) is 0 Å². The van der Waals surface area contributed by atoms with Crippen molar-refractivity contribution in [1.82, 2.24) is 4.67 Å². The van der Waals surface area contributed by atoms with Crippen molar-refractivity contribution < 1.29 is 4.74 Å². The molecule has 2 heterocycles. The van der Waals surface area contributed by atoms with Crippen LogP contribution >= 0.6 is 8.07 Å². The lowest BCUT2D eigenvalue weighted by atomic mass is 9.97. The van der Waals surface area contributed by atoms with Gasteiger partial charge in [-0.25, -0.2) is 4.99 Å². The molecule has 0 N–H and O–H groups in total. The fraction of sp³-hybridized carbons (Fsp3) is 0.219. The summed E-state index contributed by atoms with van der Waals surface area (Å²) >= 11 is 0. The number of nitrogens with zero attached hydrogens (tertiary/aromatic N) is 2. The van der Waals surface area contributed by atoms with E-state index >= 15 is 0 Å². The summed E-state index contributed by atoms with van der Waals surface area (Å²) in [6.07, 6.45) is 3.36. The Hall–Kier alpha value is -3.26. The highest BCUT2D eigenvalue weighted by atomic mass is 31.1. The average molecular weight is 491 g/mol. The minimum Gasteiger partial charge on any atom is -0.469 e. The van der Waals surface area contributed by atoms with Crippen molar-refractivity contribution in [2.45, 2.75) is 37.5 Å². The molecule has 0 saturated carbocycles. The molecule has 180 valence electrons. The van der Waals surface area contributed by atoms with E-state index in [4.69, 9.17) is 9.73 Å². The standard InChI is InChI=1S/C32H31N2OP/c1-5-15-25(16-6-1)30-31(26-17-7-2-8-18-26)35-32(33-30)29-23-13-14-24-34(29)36(27-19-9-3-10-20-27)28-21-11-4-12-22-28/h1-12,15-22,29-31H,13-14,23-24H2/t29-,30+,31-/m0/s1. The number of rotatable bonds is 6. The zero-order valence-corrected chi connectivity index (χ0v) is 21.3. The predicted octanol–water partition coefficient (Wildman–Crippen LogP) is 6.80. The lowest BCUT2D eigenvalue weighted by molar-refractivity contribution is 0.173. The topological polar surface area (TPSA) is 24.8 Å². The quantitative estimate of drug-likeness (QED) is 0.278. The molecular weight excluding hydrogens is 459 g/mol. The van der Waals surface area contributed by atoms with Gasteiger partial charge in [-0.05, 0) is 34.6 Å². The predicted molar refractivity (Wildman–Crippen MR) is 150 cm³/mol. The Balaban J connectivity index is 1.40. The molecule has 2 aliphatic rings. The summed E-state index contributed by atoms with van der Waals surface area (Å²) in [6.45, 7) is 1.05. The van der Waals surface area contributed by atoms with Crippen molar-refractivity contribution in [1.29, 1.82) is 0 Å². The molecule has 0 aromatic heterocycles. The van der Waals surface area contributed by atoms with Crippen molar-refractivity contribution in [2.24, 2.45) is 4.99 Å². The number of hydrogen-bond donors (Lipinski definition) is 0. The monoisotopic (exact) mass is 490 g/mol. The number of hydrogen-bond acceptors (Lipinski definition) is 3. The lowest BCUT2D eigenvalue weighted by Crippen LogP contribution is -2.45. The highest BCUT2D eigenvalue weighted by molar-refractivity contribution is 7.70. The molecule has 0 aliphatic carbocycles. The minimum atomic E-state index is -0.689. The lowest BCUT2D eigenvalue weighted by Gasteiger charge is -2.41. The molecule has 0 amide bonds. The molecule has 4 aromatic rings. The van der Waals surface area contributed by atoms with Crippen LogP contribution in [0.3, 0.4) is 0 Å². The van der Waals surface area contributed by atoms with Crippen molar-refractivity contribution in [2.75, 3.05) is 6.54 Å². The van der Waals surface area contributed by atoms with E-state index in [2.05, 4.69) is 126 Å². The second-order valence-electron chi connectivity index (χ2n) is 9.43. The van der Waals surface area contributed by atoms with Crippen LogP contribution in [0.15, 0.2) is 126 Å². The second-order valence-corrected chi connectivity index (χ2v) is 11.6. The van der Waals surface area contributed by atoms with Gasteiger partial charge in [0.15, 0.2) is 6.10 Å². The molecule has 2 aliphatic heterocycles. The van der Waals surface area contributed by atoms with Gasteiger partial charge in [0.1, 0.15) is 6.04 Å². The zero-order valence-electron chi connectivity index (χ0n) is 20.4. The molecule has 0 radical (unpaired) electrons. The molecule has 0 spiro atoms. The Morgan fingerprint density at radius 3 is 1.75 bits per heavy atom. The molecule has 3 atom stereocenters. The van der Waals surface area contributed by atoms with Gasteiger partial charge in [-0.1, -0.05) is 128 Å². The third-order valence-electron chi connectivity index (χ3n) is 7.09. The normalized spacial score (nSPS) is 22.2. The van der Waals surface area contributed by atoms with Crippen LogP contribution in [0.1, 0.15) is 42.5 Å². The summed E-state index contributed by atoms with van der Waals surface area (Å²) in [5.74, 6) is 0.900. The van der Waals surface area contributed by atoms with Crippen molar-refractivity contribution in [3.05, 3.63) is 132 Å². The smallest absolute Gasteiger partial charge is 0.202 e. The van der Waals surface area contributed by atoms with Gasteiger partial charge >= 0.3 is 0 Å². The fourth-order valence-corrected chi connectivity index (χ4v) is 8.01. The van der Waals surface area contributed by atoms with E-state index in [1.807, 2.05) is 0 Å². The molecule has 0 unspecified atom stereocenters. The Bertz CT molecular complexity index is 1240. The van der Waals surface area contributed by atoms with Gasteiger partial charge < -0.3 is 4.74 Å². The van der Waals surface area contributed by atoms with Crippen LogP contribution in [0.4, 0.5) is 0 Å². The Morgan fingerprint density at radius 2 is 1.17 bits per heavy atom. The summed E-state index contributed by atoms with van der Waals surface area (Å²) < 4.78 is 9.52. The van der Waals surface area contributed by atoms with Gasteiger partial charge in [-0.3, -0.25) is 4.67 Å². The van der Waals surface area contributed by atoms with Crippen molar-refractivity contribution in [3.8, 4) is 0 Å². The van der Waals surface area contributed by atoms with Gasteiger partial charge in [-0.15, -0.1) is 0 Å². The van der Waals surface area contributed by atoms with E-state index in [0.29, 0.717) is 0 Å². The molecule has 1 fully saturated rings.